The van der Waals surface area contributed by atoms with E-state index in [-0.39, 0.29) is 7.69 Å². The van der Waals surface area contributed by atoms with E-state index in [0.29, 0.717) is 0 Å². The van der Waals surface area contributed by atoms with Gasteiger partial charge in [-0.25, -0.2) is 0 Å². The van der Waals surface area contributed by atoms with Crippen LogP contribution in [-0.2, 0) is 0 Å². The van der Waals surface area contributed by atoms with Gasteiger partial charge in [-0.15, -0.1) is 0 Å². The van der Waals surface area contributed by atoms with Gasteiger partial charge in [-0.2, -0.15) is 0 Å². The largest absolute Gasteiger partial charge is 0.482 e. The maximum atomic E-state index is 7.00. The monoisotopic (exact) mass is 159 g/mol. The molecule has 0 aliphatic heterocycles. The molecule has 0 saturated carbocycles. The van der Waals surface area contributed by atoms with Crippen LogP contribution < -0.4 is 0 Å². The van der Waals surface area contributed by atoms with Crippen LogP contribution in [0.3, 0.4) is 0 Å². The molecule has 2 N–H and O–H groups in total. The molecule has 0 fully saturated rings. The van der Waals surface area contributed by atoms with Crippen molar-refractivity contribution in [3.63, 3.8) is 0 Å². The lowest BCUT2D eigenvalue weighted by Gasteiger charge is -1.93. The van der Waals surface area contributed by atoms with Crippen molar-refractivity contribution in [3.05, 3.63) is 0 Å². The second kappa shape index (κ2) is 16.5. The zero-order valence-corrected chi connectivity index (χ0v) is 7.71. The highest BCUT2D eigenvalue weighted by Gasteiger charge is 1.83. The van der Waals surface area contributed by atoms with Crippen LogP contribution in [0, 0.1) is 0 Å². The van der Waals surface area contributed by atoms with Crippen LogP contribution in [0.5, 0.6) is 0 Å². The molecule has 0 rings (SSSR count). The molecule has 67 valence electrons. The summed E-state index contributed by atoms with van der Waals surface area (Å²) < 4.78 is 0. The molecule has 1 radical (unpaired) electrons. The van der Waals surface area contributed by atoms with Gasteiger partial charge in [0.15, 0.2) is 0 Å². The van der Waals surface area contributed by atoms with E-state index >= 15 is 0 Å². The van der Waals surface area contributed by atoms with Crippen LogP contribution in [-0.4, -0.2) is 17.7 Å². The van der Waals surface area contributed by atoms with E-state index < -0.39 is 0 Å². The summed E-state index contributed by atoms with van der Waals surface area (Å²) in [6, 6.07) is 0. The number of unbranched alkanes of at least 4 members (excludes halogenated alkanes) is 5. The fourth-order valence-electron chi connectivity index (χ4n) is 0.854. The van der Waals surface area contributed by atoms with Gasteiger partial charge < -0.3 is 10.0 Å². The van der Waals surface area contributed by atoms with Gasteiger partial charge in [-0.3, -0.25) is 0 Å². The molecule has 0 spiro atoms. The molecular weight excluding hydrogens is 139 g/mol. The van der Waals surface area contributed by atoms with Gasteiger partial charge in [-0.1, -0.05) is 52.4 Å². The molecule has 2 nitrogen and oxygen atoms in total. The Morgan fingerprint density at radius 2 is 1.09 bits per heavy atom. The minimum Gasteiger partial charge on any atom is -0.429 e. The fourth-order valence-corrected chi connectivity index (χ4v) is 0.854. The first kappa shape index (κ1) is 13.6. The molecule has 0 heterocycles. The molecule has 0 bridgehead atoms. The smallest absolute Gasteiger partial charge is 0.429 e. The summed E-state index contributed by atoms with van der Waals surface area (Å²) in [5, 5.41) is 14.0. The van der Waals surface area contributed by atoms with Crippen LogP contribution in [0.25, 0.3) is 0 Å². The molecule has 0 aliphatic carbocycles. The number of rotatable bonds is 5. The van der Waals surface area contributed by atoms with Gasteiger partial charge >= 0.3 is 7.69 Å². The summed E-state index contributed by atoms with van der Waals surface area (Å²) in [6.07, 6.45) is 8.49. The maximum absolute atomic E-state index is 7.00. The lowest BCUT2D eigenvalue weighted by Crippen LogP contribution is -1.75. The Morgan fingerprint density at radius 3 is 1.27 bits per heavy atom. The average molecular weight is 159 g/mol. The molecule has 0 atom stereocenters. The fraction of sp³-hybridized carbons (Fsp3) is 1.00. The van der Waals surface area contributed by atoms with Crippen molar-refractivity contribution in [2.24, 2.45) is 0 Å². The predicted octanol–water partition coefficient (Wildman–Crippen LogP) is 1.87. The summed E-state index contributed by atoms with van der Waals surface area (Å²) in [5.74, 6) is 0. The Morgan fingerprint density at radius 1 is 0.818 bits per heavy atom. The zero-order chi connectivity index (χ0) is 8.95. The zero-order valence-electron chi connectivity index (χ0n) is 7.71. The van der Waals surface area contributed by atoms with Gasteiger partial charge in [0.1, 0.15) is 0 Å². The van der Waals surface area contributed by atoms with Crippen molar-refractivity contribution in [2.45, 2.75) is 52.4 Å². The normalized spacial score (nSPS) is 8.36. The van der Waals surface area contributed by atoms with Crippen molar-refractivity contribution in [1.82, 2.24) is 0 Å². The molecular formula is C8H20BO2. The first-order valence-corrected chi connectivity index (χ1v) is 4.43. The summed E-state index contributed by atoms with van der Waals surface area (Å²) in [4.78, 5) is 0. The summed E-state index contributed by atoms with van der Waals surface area (Å²) >= 11 is 0. The molecule has 0 aromatic heterocycles. The first-order valence-electron chi connectivity index (χ1n) is 4.43. The Kier molecular flexibility index (Phi) is 20.4. The number of hydrogen-bond donors (Lipinski definition) is 2. The van der Waals surface area contributed by atoms with Gasteiger partial charge in [-0.05, 0) is 0 Å². The topological polar surface area (TPSA) is 40.5 Å². The van der Waals surface area contributed by atoms with Crippen LogP contribution in [0.2, 0.25) is 0 Å². The van der Waals surface area contributed by atoms with Crippen molar-refractivity contribution < 1.29 is 10.0 Å². The second-order valence-corrected chi connectivity index (χ2v) is 2.53. The highest BCUT2D eigenvalue weighted by molar-refractivity contribution is 6.13. The Labute approximate surface area is 70.9 Å². The standard InChI is InChI=1S/C8H18.BH2O2/c1-3-5-7-8-6-4-2;2-1-3/h3-8H2,1-2H3;2-3H. The van der Waals surface area contributed by atoms with Crippen molar-refractivity contribution in [1.29, 1.82) is 0 Å². The van der Waals surface area contributed by atoms with E-state index in [0.717, 1.165) is 0 Å². The van der Waals surface area contributed by atoms with E-state index in [4.69, 9.17) is 10.0 Å². The third kappa shape index (κ3) is 25.6. The van der Waals surface area contributed by atoms with Crippen LogP contribution >= 0.6 is 0 Å². The second-order valence-electron chi connectivity index (χ2n) is 2.53. The molecule has 0 aromatic rings. The lowest BCUT2D eigenvalue weighted by molar-refractivity contribution is 0.448. The molecule has 3 heteroatoms. The van der Waals surface area contributed by atoms with Gasteiger partial charge in [0, 0.05) is 0 Å². The highest BCUT2D eigenvalue weighted by Crippen LogP contribution is 2.03. The van der Waals surface area contributed by atoms with E-state index in [9.17, 15) is 0 Å². The molecule has 0 aliphatic rings. The quantitative estimate of drug-likeness (QED) is 0.474. The average Bonchev–Trinajstić information content (AvgIpc) is 2.00. The van der Waals surface area contributed by atoms with E-state index in [1.165, 1.54) is 38.5 Å². The summed E-state index contributed by atoms with van der Waals surface area (Å²) in [5.41, 5.74) is 0. The Balaban J connectivity index is 0. The van der Waals surface area contributed by atoms with Gasteiger partial charge in [0.05, 0.1) is 0 Å². The minimum atomic E-state index is 0. The third-order valence-corrected chi connectivity index (χ3v) is 1.46. The minimum absolute atomic E-state index is 0. The van der Waals surface area contributed by atoms with Crippen molar-refractivity contribution >= 4 is 7.69 Å². The SMILES string of the molecule is CCCCCCCC.O[B]O. The summed E-state index contributed by atoms with van der Waals surface area (Å²) in [7, 11) is 0. The highest BCUT2D eigenvalue weighted by atomic mass is 16.4. The van der Waals surface area contributed by atoms with Gasteiger partial charge in [0.2, 0.25) is 0 Å². The lowest BCUT2D eigenvalue weighted by atomic mass is 10.1. The van der Waals surface area contributed by atoms with E-state index in [2.05, 4.69) is 13.8 Å². The van der Waals surface area contributed by atoms with Crippen LogP contribution in [0.15, 0.2) is 0 Å². The molecule has 0 aromatic carbocycles. The van der Waals surface area contributed by atoms with E-state index in [1.807, 2.05) is 0 Å². The molecule has 11 heavy (non-hydrogen) atoms. The van der Waals surface area contributed by atoms with Crippen LogP contribution in [0.4, 0.5) is 0 Å². The maximum Gasteiger partial charge on any atom is 0.482 e. The number of hydrogen-bond acceptors (Lipinski definition) is 2. The molecule has 0 unspecified atom stereocenters. The summed E-state index contributed by atoms with van der Waals surface area (Å²) in [6.45, 7) is 4.51. The first-order chi connectivity index (χ1) is 5.33. The molecule has 0 saturated heterocycles. The third-order valence-electron chi connectivity index (χ3n) is 1.46. The Hall–Kier alpha value is -0.0151. The van der Waals surface area contributed by atoms with Gasteiger partial charge in [0.25, 0.3) is 0 Å². The van der Waals surface area contributed by atoms with Crippen molar-refractivity contribution in [3.8, 4) is 0 Å². The van der Waals surface area contributed by atoms with Crippen LogP contribution in [0.1, 0.15) is 52.4 Å². The van der Waals surface area contributed by atoms with Crippen molar-refractivity contribution in [2.75, 3.05) is 0 Å². The molecule has 0 amide bonds. The van der Waals surface area contributed by atoms with E-state index in [1.54, 1.807) is 0 Å². The predicted molar refractivity (Wildman–Crippen MR) is 49.2 cm³/mol. The Bertz CT molecular complexity index is 45.4.